The molecule has 0 heterocycles. The summed E-state index contributed by atoms with van der Waals surface area (Å²) in [6.45, 7) is 3.78. The number of phenolic OH excluding ortho intramolecular Hbond substituents is 2. The van der Waals surface area contributed by atoms with Gasteiger partial charge in [-0.1, -0.05) is 38.1 Å². The van der Waals surface area contributed by atoms with Gasteiger partial charge in [-0.2, -0.15) is 0 Å². The minimum atomic E-state index is -0.550. The zero-order valence-corrected chi connectivity index (χ0v) is 15.4. The smallest absolute Gasteiger partial charge is 0.197 e. The normalized spacial score (nSPS) is 14.7. The van der Waals surface area contributed by atoms with Crippen LogP contribution in [-0.2, 0) is 17.6 Å². The summed E-state index contributed by atoms with van der Waals surface area (Å²) < 4.78 is 0. The minimum absolute atomic E-state index is 0.0427. The van der Waals surface area contributed by atoms with Crippen molar-refractivity contribution >= 4 is 17.1 Å². The molecule has 1 atom stereocenters. The summed E-state index contributed by atoms with van der Waals surface area (Å²) in [6.07, 6.45) is 2.41. The van der Waals surface area contributed by atoms with Crippen LogP contribution < -0.4 is 5.73 Å². The van der Waals surface area contributed by atoms with Crippen molar-refractivity contribution in [2.24, 2.45) is 11.7 Å². The Morgan fingerprint density at radius 2 is 1.81 bits per heavy atom. The highest BCUT2D eigenvalue weighted by Crippen LogP contribution is 2.34. The maximum Gasteiger partial charge on any atom is 0.197 e. The van der Waals surface area contributed by atoms with Crippen LogP contribution in [0.25, 0.3) is 5.57 Å². The third-order valence-electron chi connectivity index (χ3n) is 4.90. The van der Waals surface area contributed by atoms with Crippen LogP contribution in [0.5, 0.6) is 11.5 Å². The number of Topliss-reactive ketones (excluding diaryl/α,β-unsaturated/α-hetero) is 2. The summed E-state index contributed by atoms with van der Waals surface area (Å²) >= 11 is 0. The molecule has 27 heavy (non-hydrogen) atoms. The number of hydrogen-bond acceptors (Lipinski definition) is 5. The van der Waals surface area contributed by atoms with E-state index in [4.69, 9.17) is 5.73 Å². The standard InChI is InChI=1S/C22H23NO4/c1-12(2)21(23)19(26)11-13-9-15-5-8-17(14-3-6-16(24)7-4-14)22(27)20(15)18(25)10-13/h3-4,6-10,12,21,24-25H,5,11,23H2,1-2H3/t21-/m0/s1. The highest BCUT2D eigenvalue weighted by Gasteiger charge is 2.26. The molecule has 0 aliphatic heterocycles. The number of ketones is 2. The molecule has 1 aliphatic rings. The van der Waals surface area contributed by atoms with Gasteiger partial charge in [0.25, 0.3) is 0 Å². The molecule has 0 bridgehead atoms. The molecule has 0 aromatic heterocycles. The van der Waals surface area contributed by atoms with E-state index in [9.17, 15) is 19.8 Å². The number of carbonyl (C=O) groups is 2. The lowest BCUT2D eigenvalue weighted by Crippen LogP contribution is -2.36. The van der Waals surface area contributed by atoms with Crippen LogP contribution in [0.1, 0.15) is 40.9 Å². The third kappa shape index (κ3) is 3.78. The number of benzene rings is 2. The Hall–Kier alpha value is -2.92. The molecule has 0 radical (unpaired) electrons. The predicted octanol–water partition coefficient (Wildman–Crippen LogP) is 3.02. The van der Waals surface area contributed by atoms with E-state index in [2.05, 4.69) is 0 Å². The molecule has 2 aromatic carbocycles. The third-order valence-corrected chi connectivity index (χ3v) is 4.90. The van der Waals surface area contributed by atoms with Gasteiger partial charge in [0, 0.05) is 12.0 Å². The van der Waals surface area contributed by atoms with Gasteiger partial charge in [0.1, 0.15) is 11.5 Å². The number of phenols is 2. The van der Waals surface area contributed by atoms with Crippen molar-refractivity contribution < 1.29 is 19.8 Å². The van der Waals surface area contributed by atoms with Crippen LogP contribution in [0.4, 0.5) is 0 Å². The van der Waals surface area contributed by atoms with E-state index in [1.165, 1.54) is 18.2 Å². The van der Waals surface area contributed by atoms with Crippen LogP contribution in [0.3, 0.4) is 0 Å². The summed E-state index contributed by atoms with van der Waals surface area (Å²) in [7, 11) is 0. The van der Waals surface area contributed by atoms with Crippen LogP contribution in [0.2, 0.25) is 0 Å². The highest BCUT2D eigenvalue weighted by molar-refractivity contribution is 6.31. The Morgan fingerprint density at radius 1 is 1.15 bits per heavy atom. The van der Waals surface area contributed by atoms with E-state index in [0.717, 1.165) is 0 Å². The van der Waals surface area contributed by atoms with Gasteiger partial charge in [0.05, 0.1) is 11.6 Å². The molecule has 0 fully saturated rings. The first-order valence-corrected chi connectivity index (χ1v) is 8.95. The Labute approximate surface area is 158 Å². The fraction of sp³-hybridized carbons (Fsp3) is 0.273. The van der Waals surface area contributed by atoms with E-state index < -0.39 is 6.04 Å². The van der Waals surface area contributed by atoms with Gasteiger partial charge in [0.15, 0.2) is 11.6 Å². The molecular formula is C22H23NO4. The average Bonchev–Trinajstić information content (AvgIpc) is 2.61. The van der Waals surface area contributed by atoms with Gasteiger partial charge in [-0.3, -0.25) is 9.59 Å². The number of allylic oxidation sites excluding steroid dienone is 2. The zero-order valence-electron chi connectivity index (χ0n) is 15.4. The van der Waals surface area contributed by atoms with Crippen LogP contribution in [0.15, 0.2) is 42.5 Å². The van der Waals surface area contributed by atoms with Gasteiger partial charge in [0.2, 0.25) is 0 Å². The van der Waals surface area contributed by atoms with Crippen molar-refractivity contribution in [3.05, 3.63) is 64.7 Å². The second-order valence-electron chi connectivity index (χ2n) is 7.26. The molecule has 0 unspecified atom stereocenters. The van der Waals surface area contributed by atoms with Crippen molar-refractivity contribution in [3.8, 4) is 11.5 Å². The molecule has 140 valence electrons. The molecule has 3 rings (SSSR count). The van der Waals surface area contributed by atoms with E-state index in [1.54, 1.807) is 18.2 Å². The van der Waals surface area contributed by atoms with Crippen molar-refractivity contribution in [1.29, 1.82) is 0 Å². The molecule has 4 N–H and O–H groups in total. The van der Waals surface area contributed by atoms with E-state index in [1.807, 2.05) is 19.9 Å². The largest absolute Gasteiger partial charge is 0.508 e. The molecule has 5 nitrogen and oxygen atoms in total. The molecule has 5 heteroatoms. The summed E-state index contributed by atoms with van der Waals surface area (Å²) in [5, 5.41) is 19.9. The van der Waals surface area contributed by atoms with Crippen LogP contribution in [0, 0.1) is 5.92 Å². The number of nitrogens with two attached hydrogens (primary N) is 1. The number of fused-ring (bicyclic) bond motifs is 1. The number of aromatic hydroxyl groups is 2. The average molecular weight is 365 g/mol. The molecule has 2 aromatic rings. The van der Waals surface area contributed by atoms with Gasteiger partial charge < -0.3 is 15.9 Å². The van der Waals surface area contributed by atoms with Crippen molar-refractivity contribution in [3.63, 3.8) is 0 Å². The highest BCUT2D eigenvalue weighted by atomic mass is 16.3. The van der Waals surface area contributed by atoms with Gasteiger partial charge >= 0.3 is 0 Å². The monoisotopic (exact) mass is 365 g/mol. The lowest BCUT2D eigenvalue weighted by Gasteiger charge is -2.19. The van der Waals surface area contributed by atoms with Crippen molar-refractivity contribution in [2.45, 2.75) is 32.7 Å². The maximum atomic E-state index is 12.9. The maximum absolute atomic E-state index is 12.9. The second-order valence-corrected chi connectivity index (χ2v) is 7.26. The van der Waals surface area contributed by atoms with Gasteiger partial charge in [-0.05, 0) is 47.2 Å². The van der Waals surface area contributed by atoms with Crippen molar-refractivity contribution in [1.82, 2.24) is 0 Å². The Bertz CT molecular complexity index is 926. The molecular weight excluding hydrogens is 342 g/mol. The molecule has 0 amide bonds. The topological polar surface area (TPSA) is 101 Å². The first kappa shape index (κ1) is 18.9. The zero-order chi connectivity index (χ0) is 19.7. The van der Waals surface area contributed by atoms with Crippen LogP contribution >= 0.6 is 0 Å². The Kier molecular flexibility index (Phi) is 5.15. The molecule has 0 saturated heterocycles. The quantitative estimate of drug-likeness (QED) is 0.756. The van der Waals surface area contributed by atoms with E-state index >= 15 is 0 Å². The lowest BCUT2D eigenvalue weighted by atomic mass is 9.84. The molecule has 0 spiro atoms. The fourth-order valence-electron chi connectivity index (χ4n) is 3.30. The lowest BCUT2D eigenvalue weighted by molar-refractivity contribution is -0.120. The first-order valence-electron chi connectivity index (χ1n) is 8.95. The summed E-state index contributed by atoms with van der Waals surface area (Å²) in [5.41, 5.74) is 8.70. The minimum Gasteiger partial charge on any atom is -0.508 e. The van der Waals surface area contributed by atoms with Crippen LogP contribution in [-0.4, -0.2) is 27.8 Å². The molecule has 1 aliphatic carbocycles. The van der Waals surface area contributed by atoms with Gasteiger partial charge in [-0.15, -0.1) is 0 Å². The SMILES string of the molecule is CC(C)[C@H](N)C(=O)Cc1cc(O)c2c(c1)CC=C(c1ccc(O)cc1)C2=O. The number of rotatable bonds is 5. The van der Waals surface area contributed by atoms with Crippen molar-refractivity contribution in [2.75, 3.05) is 0 Å². The summed E-state index contributed by atoms with van der Waals surface area (Å²) in [4.78, 5) is 25.1. The molecule has 0 saturated carbocycles. The first-order chi connectivity index (χ1) is 12.8. The Balaban J connectivity index is 1.89. The number of hydrogen-bond donors (Lipinski definition) is 3. The van der Waals surface area contributed by atoms with E-state index in [0.29, 0.717) is 28.7 Å². The summed E-state index contributed by atoms with van der Waals surface area (Å²) in [6, 6.07) is 9.09. The Morgan fingerprint density at radius 3 is 2.44 bits per heavy atom. The van der Waals surface area contributed by atoms with E-state index in [-0.39, 0.29) is 41.0 Å². The summed E-state index contributed by atoms with van der Waals surface area (Å²) in [5.74, 6) is -0.313. The second kappa shape index (κ2) is 7.37. The fourth-order valence-corrected chi connectivity index (χ4v) is 3.30. The predicted molar refractivity (Wildman–Crippen MR) is 104 cm³/mol. The number of carbonyl (C=O) groups excluding carboxylic acids is 2. The van der Waals surface area contributed by atoms with Gasteiger partial charge in [-0.25, -0.2) is 0 Å².